The summed E-state index contributed by atoms with van der Waals surface area (Å²) in [7, 11) is 0. The van der Waals surface area contributed by atoms with Gasteiger partial charge in [-0.1, -0.05) is 25.5 Å². The summed E-state index contributed by atoms with van der Waals surface area (Å²) in [6.07, 6.45) is 2.00. The number of ketones is 1. The first-order valence-electron chi connectivity index (χ1n) is 8.68. The van der Waals surface area contributed by atoms with E-state index in [4.69, 9.17) is 5.11 Å². The molecular formula is C20H24N2O4. The van der Waals surface area contributed by atoms with Gasteiger partial charge in [0.05, 0.1) is 0 Å². The van der Waals surface area contributed by atoms with Crippen molar-refractivity contribution in [3.8, 4) is 0 Å². The molecule has 0 spiro atoms. The molecule has 0 unspecified atom stereocenters. The molecule has 0 aliphatic heterocycles. The molecule has 0 aliphatic carbocycles. The van der Waals surface area contributed by atoms with Gasteiger partial charge >= 0.3 is 5.97 Å². The molecule has 1 heterocycles. The van der Waals surface area contributed by atoms with Crippen molar-refractivity contribution in [2.24, 2.45) is 0 Å². The summed E-state index contributed by atoms with van der Waals surface area (Å²) in [6.45, 7) is 5.31. The number of rotatable bonds is 8. The van der Waals surface area contributed by atoms with Gasteiger partial charge in [-0.05, 0) is 49.9 Å². The van der Waals surface area contributed by atoms with E-state index in [9.17, 15) is 14.4 Å². The van der Waals surface area contributed by atoms with Crippen LogP contribution in [-0.2, 0) is 17.6 Å². The van der Waals surface area contributed by atoms with E-state index in [1.165, 1.54) is 6.92 Å². The highest BCUT2D eigenvalue weighted by atomic mass is 16.4. The molecular weight excluding hydrogens is 332 g/mol. The Bertz CT molecular complexity index is 819. The number of carboxylic acid groups (broad SMARTS) is 1. The molecule has 26 heavy (non-hydrogen) atoms. The third-order valence-electron chi connectivity index (χ3n) is 4.21. The van der Waals surface area contributed by atoms with Crippen LogP contribution in [-0.4, -0.2) is 27.8 Å². The molecule has 138 valence electrons. The molecule has 0 fully saturated rings. The quantitative estimate of drug-likeness (QED) is 0.627. The van der Waals surface area contributed by atoms with E-state index in [1.807, 2.05) is 6.92 Å². The number of aromatic amines is 1. The van der Waals surface area contributed by atoms with Gasteiger partial charge in [-0.3, -0.25) is 14.4 Å². The van der Waals surface area contributed by atoms with Gasteiger partial charge in [0.2, 0.25) is 0 Å². The van der Waals surface area contributed by atoms with E-state index in [0.717, 1.165) is 17.5 Å². The Morgan fingerprint density at radius 1 is 1.12 bits per heavy atom. The van der Waals surface area contributed by atoms with Crippen LogP contribution in [0.5, 0.6) is 0 Å². The fourth-order valence-electron chi connectivity index (χ4n) is 3.05. The van der Waals surface area contributed by atoms with Crippen molar-refractivity contribution < 1.29 is 19.5 Å². The van der Waals surface area contributed by atoms with E-state index >= 15 is 0 Å². The highest BCUT2D eigenvalue weighted by Gasteiger charge is 2.22. The Labute approximate surface area is 152 Å². The summed E-state index contributed by atoms with van der Waals surface area (Å²) < 4.78 is 0. The van der Waals surface area contributed by atoms with Crippen LogP contribution < -0.4 is 5.32 Å². The zero-order valence-corrected chi connectivity index (χ0v) is 15.3. The van der Waals surface area contributed by atoms with Crippen LogP contribution >= 0.6 is 0 Å². The zero-order valence-electron chi connectivity index (χ0n) is 15.3. The van der Waals surface area contributed by atoms with E-state index in [-0.39, 0.29) is 18.1 Å². The van der Waals surface area contributed by atoms with E-state index in [1.54, 1.807) is 31.2 Å². The number of carbonyl (C=O) groups is 3. The molecule has 1 aromatic carbocycles. The minimum atomic E-state index is -0.839. The lowest BCUT2D eigenvalue weighted by molar-refractivity contribution is -0.136. The monoisotopic (exact) mass is 356 g/mol. The number of H-pyrrole nitrogens is 1. The number of amides is 1. The van der Waals surface area contributed by atoms with Gasteiger partial charge in [0, 0.05) is 23.4 Å². The summed E-state index contributed by atoms with van der Waals surface area (Å²) >= 11 is 0. The van der Waals surface area contributed by atoms with E-state index in [0.29, 0.717) is 35.5 Å². The van der Waals surface area contributed by atoms with Gasteiger partial charge < -0.3 is 15.4 Å². The van der Waals surface area contributed by atoms with E-state index < -0.39 is 5.97 Å². The van der Waals surface area contributed by atoms with E-state index in [2.05, 4.69) is 10.3 Å². The second-order valence-electron chi connectivity index (χ2n) is 6.33. The first kappa shape index (κ1) is 19.4. The van der Waals surface area contributed by atoms with Crippen molar-refractivity contribution in [1.29, 1.82) is 0 Å². The highest BCUT2D eigenvalue weighted by Crippen LogP contribution is 2.22. The number of hydrogen-bond acceptors (Lipinski definition) is 3. The van der Waals surface area contributed by atoms with Crippen molar-refractivity contribution in [2.75, 3.05) is 5.32 Å². The number of carbonyl (C=O) groups excluding carboxylic acids is 2. The molecule has 0 aliphatic rings. The fourth-order valence-corrected chi connectivity index (χ4v) is 3.05. The fraction of sp³-hybridized carbons (Fsp3) is 0.350. The van der Waals surface area contributed by atoms with Crippen LogP contribution in [0.4, 0.5) is 5.69 Å². The second-order valence-corrected chi connectivity index (χ2v) is 6.33. The number of aliphatic carboxylic acids is 1. The van der Waals surface area contributed by atoms with Gasteiger partial charge in [-0.15, -0.1) is 0 Å². The van der Waals surface area contributed by atoms with Crippen molar-refractivity contribution in [3.05, 3.63) is 52.3 Å². The predicted octanol–water partition coefficient (Wildman–Crippen LogP) is 3.75. The topological polar surface area (TPSA) is 99.3 Å². The number of carboxylic acids is 1. The summed E-state index contributed by atoms with van der Waals surface area (Å²) in [5.74, 6) is -1.18. The number of hydrogen-bond donors (Lipinski definition) is 3. The van der Waals surface area contributed by atoms with Gasteiger partial charge in [-0.2, -0.15) is 0 Å². The van der Waals surface area contributed by atoms with Crippen LogP contribution in [0.1, 0.15) is 64.4 Å². The number of nitrogens with one attached hydrogen (secondary N) is 2. The normalized spacial score (nSPS) is 10.6. The Morgan fingerprint density at radius 3 is 2.31 bits per heavy atom. The number of Topliss-reactive ketones (excluding diaryl/α,β-unsaturated/α-hetero) is 1. The van der Waals surface area contributed by atoms with Crippen molar-refractivity contribution in [2.45, 2.75) is 46.5 Å². The van der Waals surface area contributed by atoms with Crippen molar-refractivity contribution >= 4 is 23.3 Å². The average molecular weight is 356 g/mol. The van der Waals surface area contributed by atoms with Crippen LogP contribution in [0.3, 0.4) is 0 Å². The molecule has 2 aromatic rings. The number of aryl methyl sites for hydroxylation is 2. The minimum absolute atomic E-state index is 0.0518. The molecule has 0 saturated carbocycles. The standard InChI is InChI=1S/C20H24N2O4/c1-4-5-16-18(13(3)23)12(2)21-19(16)20(26)22-15-9-6-14(7-10-15)8-11-17(24)25/h6-7,9-10,21H,4-5,8,11H2,1-3H3,(H,22,26)(H,24,25). The van der Waals surface area contributed by atoms with Crippen molar-refractivity contribution in [1.82, 2.24) is 4.98 Å². The summed E-state index contributed by atoms with van der Waals surface area (Å²) in [4.78, 5) is 38.2. The Morgan fingerprint density at radius 2 is 1.77 bits per heavy atom. The van der Waals surface area contributed by atoms with Crippen LogP contribution in [0.25, 0.3) is 0 Å². The molecule has 6 heteroatoms. The summed E-state index contributed by atoms with van der Waals surface area (Å²) in [6, 6.07) is 7.09. The maximum absolute atomic E-state index is 12.7. The van der Waals surface area contributed by atoms with Crippen LogP contribution in [0, 0.1) is 6.92 Å². The van der Waals surface area contributed by atoms with Gasteiger partial charge in [0.15, 0.2) is 5.78 Å². The van der Waals surface area contributed by atoms with Crippen LogP contribution in [0.2, 0.25) is 0 Å². The van der Waals surface area contributed by atoms with Crippen molar-refractivity contribution in [3.63, 3.8) is 0 Å². The lowest BCUT2D eigenvalue weighted by Crippen LogP contribution is -2.15. The lowest BCUT2D eigenvalue weighted by atomic mass is 10.0. The van der Waals surface area contributed by atoms with Gasteiger partial charge in [-0.25, -0.2) is 0 Å². The second kappa shape index (κ2) is 8.47. The largest absolute Gasteiger partial charge is 0.481 e. The Kier molecular flexibility index (Phi) is 6.33. The molecule has 1 aromatic heterocycles. The molecule has 0 saturated heterocycles. The predicted molar refractivity (Wildman–Crippen MR) is 99.9 cm³/mol. The molecule has 2 rings (SSSR count). The number of anilines is 1. The SMILES string of the molecule is CCCc1c(C(=O)Nc2ccc(CCC(=O)O)cc2)[nH]c(C)c1C(C)=O. The Hall–Kier alpha value is -2.89. The maximum Gasteiger partial charge on any atom is 0.303 e. The first-order chi connectivity index (χ1) is 12.3. The molecule has 1 amide bonds. The Balaban J connectivity index is 2.18. The number of aromatic nitrogens is 1. The molecule has 0 bridgehead atoms. The summed E-state index contributed by atoms with van der Waals surface area (Å²) in [5, 5.41) is 11.6. The smallest absolute Gasteiger partial charge is 0.303 e. The molecule has 6 nitrogen and oxygen atoms in total. The number of benzene rings is 1. The highest BCUT2D eigenvalue weighted by molar-refractivity contribution is 6.07. The minimum Gasteiger partial charge on any atom is -0.481 e. The summed E-state index contributed by atoms with van der Waals surface area (Å²) in [5.41, 5.74) is 3.99. The zero-order chi connectivity index (χ0) is 19.3. The molecule has 3 N–H and O–H groups in total. The lowest BCUT2D eigenvalue weighted by Gasteiger charge is -2.08. The third-order valence-corrected chi connectivity index (χ3v) is 4.21. The first-order valence-corrected chi connectivity index (χ1v) is 8.68. The average Bonchev–Trinajstić information content (AvgIpc) is 2.91. The molecule has 0 radical (unpaired) electrons. The van der Waals surface area contributed by atoms with Crippen LogP contribution in [0.15, 0.2) is 24.3 Å². The maximum atomic E-state index is 12.7. The molecule has 0 atom stereocenters. The third kappa shape index (κ3) is 4.59. The van der Waals surface area contributed by atoms with Gasteiger partial charge in [0.25, 0.3) is 5.91 Å². The van der Waals surface area contributed by atoms with Gasteiger partial charge in [0.1, 0.15) is 5.69 Å².